The number of benzene rings is 2. The number of non-ortho nitro benzene ring substituents is 1. The van der Waals surface area contributed by atoms with E-state index in [0.717, 1.165) is 5.69 Å². The van der Waals surface area contributed by atoms with Crippen LogP contribution in [0.3, 0.4) is 0 Å². The number of anilines is 2. The summed E-state index contributed by atoms with van der Waals surface area (Å²) in [5.41, 5.74) is 2.07. The fraction of sp³-hybridized carbons (Fsp3) is 0. The third-order valence-corrected chi connectivity index (χ3v) is 3.36. The van der Waals surface area contributed by atoms with Crippen molar-refractivity contribution in [1.82, 2.24) is 9.97 Å². The van der Waals surface area contributed by atoms with E-state index in [0.29, 0.717) is 22.2 Å². The van der Waals surface area contributed by atoms with Crippen LogP contribution in [0.4, 0.5) is 17.3 Å². The van der Waals surface area contributed by atoms with E-state index < -0.39 is 4.92 Å². The first kappa shape index (κ1) is 14.9. The fourth-order valence-electron chi connectivity index (χ4n) is 2.02. The first-order valence-corrected chi connectivity index (χ1v) is 7.10. The molecular formula is C16H11ClN4O2. The Morgan fingerprint density at radius 3 is 2.61 bits per heavy atom. The van der Waals surface area contributed by atoms with Crippen molar-refractivity contribution >= 4 is 28.9 Å². The number of aromatic nitrogens is 2. The van der Waals surface area contributed by atoms with Crippen molar-refractivity contribution in [3.05, 3.63) is 75.9 Å². The highest BCUT2D eigenvalue weighted by Gasteiger charge is 2.09. The zero-order valence-electron chi connectivity index (χ0n) is 11.8. The van der Waals surface area contributed by atoms with Crippen molar-refractivity contribution in [1.29, 1.82) is 0 Å². The van der Waals surface area contributed by atoms with E-state index in [-0.39, 0.29) is 5.69 Å². The molecule has 7 heteroatoms. The van der Waals surface area contributed by atoms with Crippen molar-refractivity contribution in [2.75, 3.05) is 5.32 Å². The molecule has 0 radical (unpaired) electrons. The van der Waals surface area contributed by atoms with Gasteiger partial charge in [-0.1, -0.05) is 23.7 Å². The van der Waals surface area contributed by atoms with Crippen molar-refractivity contribution in [3.8, 4) is 11.3 Å². The van der Waals surface area contributed by atoms with Crippen LogP contribution in [-0.2, 0) is 0 Å². The van der Waals surface area contributed by atoms with Gasteiger partial charge in [-0.3, -0.25) is 10.1 Å². The van der Waals surface area contributed by atoms with Crippen LogP contribution in [0.2, 0.25) is 5.02 Å². The van der Waals surface area contributed by atoms with Crippen LogP contribution in [-0.4, -0.2) is 14.9 Å². The fourth-order valence-corrected chi connectivity index (χ4v) is 2.15. The Bertz CT molecular complexity index is 853. The highest BCUT2D eigenvalue weighted by molar-refractivity contribution is 6.30. The van der Waals surface area contributed by atoms with Crippen LogP contribution in [0.1, 0.15) is 0 Å². The molecule has 0 saturated carbocycles. The quantitative estimate of drug-likeness (QED) is 0.566. The lowest BCUT2D eigenvalue weighted by atomic mass is 10.1. The van der Waals surface area contributed by atoms with Crippen LogP contribution in [0.5, 0.6) is 0 Å². The summed E-state index contributed by atoms with van der Waals surface area (Å²) in [6, 6.07) is 15.2. The van der Waals surface area contributed by atoms with Gasteiger partial charge in [-0.15, -0.1) is 0 Å². The zero-order chi connectivity index (χ0) is 16.2. The predicted octanol–water partition coefficient (Wildman–Crippen LogP) is 4.45. The molecule has 3 rings (SSSR count). The van der Waals surface area contributed by atoms with Crippen molar-refractivity contribution in [2.45, 2.75) is 0 Å². The highest BCUT2D eigenvalue weighted by Crippen LogP contribution is 2.23. The number of nitro groups is 1. The van der Waals surface area contributed by atoms with E-state index in [1.807, 2.05) is 12.1 Å². The van der Waals surface area contributed by atoms with Gasteiger partial charge in [0.25, 0.3) is 5.69 Å². The van der Waals surface area contributed by atoms with Gasteiger partial charge >= 0.3 is 0 Å². The van der Waals surface area contributed by atoms with Crippen molar-refractivity contribution in [2.24, 2.45) is 0 Å². The SMILES string of the molecule is O=[N+]([O-])c1cccc(-c2ccnc(Nc3ccc(Cl)cc3)n2)c1. The molecule has 0 spiro atoms. The monoisotopic (exact) mass is 326 g/mol. The van der Waals surface area contributed by atoms with Gasteiger partial charge in [0, 0.05) is 34.6 Å². The van der Waals surface area contributed by atoms with Crippen molar-refractivity contribution < 1.29 is 4.92 Å². The van der Waals surface area contributed by atoms with Gasteiger partial charge in [0.15, 0.2) is 0 Å². The normalized spacial score (nSPS) is 10.3. The summed E-state index contributed by atoms with van der Waals surface area (Å²) in [5.74, 6) is 0.399. The molecule has 0 amide bonds. The Labute approximate surface area is 136 Å². The van der Waals surface area contributed by atoms with Gasteiger partial charge in [0.05, 0.1) is 10.6 Å². The number of rotatable bonds is 4. The maximum Gasteiger partial charge on any atom is 0.270 e. The first-order valence-electron chi connectivity index (χ1n) is 6.72. The number of nitrogens with zero attached hydrogens (tertiary/aromatic N) is 3. The Morgan fingerprint density at radius 1 is 1.09 bits per heavy atom. The molecule has 0 fully saturated rings. The van der Waals surface area contributed by atoms with Crippen LogP contribution >= 0.6 is 11.6 Å². The van der Waals surface area contributed by atoms with E-state index in [1.165, 1.54) is 12.1 Å². The topological polar surface area (TPSA) is 81.0 Å². The maximum atomic E-state index is 10.9. The van der Waals surface area contributed by atoms with Crippen LogP contribution < -0.4 is 5.32 Å². The van der Waals surface area contributed by atoms with Gasteiger partial charge in [-0.25, -0.2) is 9.97 Å². The molecule has 6 nitrogen and oxygen atoms in total. The second kappa shape index (κ2) is 6.41. The Kier molecular flexibility index (Phi) is 4.16. The summed E-state index contributed by atoms with van der Waals surface area (Å²) in [5, 5.41) is 14.6. The molecule has 23 heavy (non-hydrogen) atoms. The highest BCUT2D eigenvalue weighted by atomic mass is 35.5. The molecule has 2 aromatic carbocycles. The summed E-state index contributed by atoms with van der Waals surface area (Å²) >= 11 is 5.85. The van der Waals surface area contributed by atoms with E-state index in [9.17, 15) is 10.1 Å². The molecular weight excluding hydrogens is 316 g/mol. The molecule has 1 N–H and O–H groups in total. The van der Waals surface area contributed by atoms with E-state index >= 15 is 0 Å². The Balaban J connectivity index is 1.89. The summed E-state index contributed by atoms with van der Waals surface area (Å²) in [7, 11) is 0. The molecule has 0 aliphatic rings. The van der Waals surface area contributed by atoms with Crippen LogP contribution in [0.25, 0.3) is 11.3 Å². The molecule has 0 aliphatic carbocycles. The van der Waals surface area contributed by atoms with E-state index in [4.69, 9.17) is 11.6 Å². The third-order valence-electron chi connectivity index (χ3n) is 3.11. The summed E-state index contributed by atoms with van der Waals surface area (Å²) in [6.45, 7) is 0. The molecule has 1 aromatic heterocycles. The number of halogens is 1. The number of nitro benzene ring substituents is 1. The van der Waals surface area contributed by atoms with Crippen molar-refractivity contribution in [3.63, 3.8) is 0 Å². The van der Waals surface area contributed by atoms with E-state index in [1.54, 1.807) is 36.5 Å². The van der Waals surface area contributed by atoms with Gasteiger partial charge < -0.3 is 5.32 Å². The molecule has 0 aliphatic heterocycles. The third kappa shape index (κ3) is 3.61. The van der Waals surface area contributed by atoms with Crippen LogP contribution in [0.15, 0.2) is 60.8 Å². The lowest BCUT2D eigenvalue weighted by Crippen LogP contribution is -1.98. The van der Waals surface area contributed by atoms with E-state index in [2.05, 4.69) is 15.3 Å². The standard InChI is InChI=1S/C16H11ClN4O2/c17-12-4-6-13(7-5-12)19-16-18-9-8-15(20-16)11-2-1-3-14(10-11)21(22)23/h1-10H,(H,18,19,20). The molecule has 1 heterocycles. The molecule has 0 saturated heterocycles. The molecule has 0 unspecified atom stereocenters. The molecule has 114 valence electrons. The molecule has 3 aromatic rings. The van der Waals surface area contributed by atoms with Crippen LogP contribution in [0, 0.1) is 10.1 Å². The largest absolute Gasteiger partial charge is 0.324 e. The lowest BCUT2D eigenvalue weighted by Gasteiger charge is -2.06. The number of hydrogen-bond donors (Lipinski definition) is 1. The second-order valence-corrected chi connectivity index (χ2v) is 5.14. The first-order chi connectivity index (χ1) is 11.1. The Hall–Kier alpha value is -2.99. The summed E-state index contributed by atoms with van der Waals surface area (Å²) in [4.78, 5) is 19.0. The smallest absolute Gasteiger partial charge is 0.270 e. The maximum absolute atomic E-state index is 10.9. The lowest BCUT2D eigenvalue weighted by molar-refractivity contribution is -0.384. The summed E-state index contributed by atoms with van der Waals surface area (Å²) < 4.78 is 0. The minimum atomic E-state index is -0.433. The number of hydrogen-bond acceptors (Lipinski definition) is 5. The predicted molar refractivity (Wildman–Crippen MR) is 88.9 cm³/mol. The molecule has 0 atom stereocenters. The summed E-state index contributed by atoms with van der Waals surface area (Å²) in [6.07, 6.45) is 1.60. The zero-order valence-corrected chi connectivity index (χ0v) is 12.6. The molecule has 0 bridgehead atoms. The Morgan fingerprint density at radius 2 is 1.87 bits per heavy atom. The van der Waals surface area contributed by atoms with Gasteiger partial charge in [-0.2, -0.15) is 0 Å². The average molecular weight is 327 g/mol. The average Bonchev–Trinajstić information content (AvgIpc) is 2.57. The number of nitrogens with one attached hydrogen (secondary N) is 1. The minimum Gasteiger partial charge on any atom is -0.324 e. The van der Waals surface area contributed by atoms with Gasteiger partial charge in [0.2, 0.25) is 5.95 Å². The second-order valence-electron chi connectivity index (χ2n) is 4.70. The van der Waals surface area contributed by atoms with Gasteiger partial charge in [-0.05, 0) is 30.3 Å². The van der Waals surface area contributed by atoms with Gasteiger partial charge in [0.1, 0.15) is 0 Å². The minimum absolute atomic E-state index is 0.0216.